The Bertz CT molecular complexity index is 1030. The van der Waals surface area contributed by atoms with Crippen molar-refractivity contribution < 1.29 is 0 Å². The SMILES string of the molecule is CN1CCc2c(sc3c2C([N])N(CCCN2CCN(c4ccccc4C#N)CC2)C=N3)C1. The van der Waals surface area contributed by atoms with Crippen LogP contribution >= 0.6 is 11.3 Å². The Kier molecular flexibility index (Phi) is 6.15. The molecule has 1 fully saturated rings. The first-order valence-corrected chi connectivity index (χ1v) is 12.2. The molecule has 0 N–H and O–H groups in total. The highest BCUT2D eigenvalue weighted by Crippen LogP contribution is 2.44. The number of para-hydroxylation sites is 1. The van der Waals surface area contributed by atoms with Gasteiger partial charge in [0.05, 0.1) is 17.6 Å². The van der Waals surface area contributed by atoms with Gasteiger partial charge in [-0.2, -0.15) is 5.26 Å². The smallest absolute Gasteiger partial charge is 0.144 e. The second kappa shape index (κ2) is 9.20. The molecule has 3 aliphatic rings. The van der Waals surface area contributed by atoms with E-state index in [1.165, 1.54) is 10.4 Å². The molecule has 5 rings (SSSR count). The Morgan fingerprint density at radius 3 is 2.75 bits per heavy atom. The van der Waals surface area contributed by atoms with Gasteiger partial charge in [0.1, 0.15) is 17.2 Å². The van der Waals surface area contributed by atoms with Crippen LogP contribution in [0.1, 0.15) is 34.2 Å². The molecule has 0 spiro atoms. The summed E-state index contributed by atoms with van der Waals surface area (Å²) in [5.41, 5.74) is 15.2. The van der Waals surface area contributed by atoms with Crippen LogP contribution in [0.4, 0.5) is 10.7 Å². The number of fused-ring (bicyclic) bond motifs is 3. The van der Waals surface area contributed by atoms with Crippen LogP contribution in [0.25, 0.3) is 0 Å². The molecular weight excluding hydrogens is 418 g/mol. The Hall–Kier alpha value is -2.44. The first-order chi connectivity index (χ1) is 15.6. The number of nitrogens with zero attached hydrogens (tertiary/aromatic N) is 7. The second-order valence-corrected chi connectivity index (χ2v) is 9.96. The van der Waals surface area contributed by atoms with Crippen molar-refractivity contribution >= 4 is 28.4 Å². The van der Waals surface area contributed by atoms with Crippen LogP contribution < -0.4 is 10.6 Å². The average molecular weight is 448 g/mol. The van der Waals surface area contributed by atoms with E-state index in [1.54, 1.807) is 11.3 Å². The largest absolute Gasteiger partial charge is 0.368 e. The average Bonchev–Trinajstić information content (AvgIpc) is 3.19. The molecule has 4 heterocycles. The summed E-state index contributed by atoms with van der Waals surface area (Å²) in [6, 6.07) is 10.2. The fraction of sp³-hybridized carbons (Fsp3) is 0.500. The Labute approximate surface area is 194 Å². The van der Waals surface area contributed by atoms with Crippen molar-refractivity contribution in [2.75, 3.05) is 57.8 Å². The molecule has 0 amide bonds. The van der Waals surface area contributed by atoms with Gasteiger partial charge in [-0.25, -0.2) is 4.99 Å². The Balaban J connectivity index is 1.13. The molecule has 2 radical (unpaired) electrons. The molecule has 1 aromatic carbocycles. The molecule has 0 saturated carbocycles. The van der Waals surface area contributed by atoms with Crippen molar-refractivity contribution in [3.05, 3.63) is 45.8 Å². The van der Waals surface area contributed by atoms with E-state index in [2.05, 4.69) is 32.8 Å². The molecule has 1 aromatic heterocycles. The van der Waals surface area contributed by atoms with Gasteiger partial charge in [0.15, 0.2) is 0 Å². The highest BCUT2D eigenvalue weighted by atomic mass is 32.1. The normalized spacial score (nSPS) is 21.3. The number of thiophene rings is 1. The molecule has 0 bridgehead atoms. The van der Waals surface area contributed by atoms with Crippen LogP contribution in [0.3, 0.4) is 0 Å². The molecule has 166 valence electrons. The van der Waals surface area contributed by atoms with E-state index in [4.69, 9.17) is 0 Å². The predicted molar refractivity (Wildman–Crippen MR) is 129 cm³/mol. The van der Waals surface area contributed by atoms with Crippen LogP contribution in [0, 0.1) is 11.3 Å². The van der Waals surface area contributed by atoms with E-state index in [0.717, 1.165) is 87.0 Å². The third kappa shape index (κ3) is 4.14. The monoisotopic (exact) mass is 447 g/mol. The number of anilines is 1. The number of hydrogen-bond acceptors (Lipinski definition) is 7. The molecule has 8 heteroatoms. The number of aliphatic imine (C=N–C) groups is 1. The third-order valence-corrected chi connectivity index (χ3v) is 7.93. The summed E-state index contributed by atoms with van der Waals surface area (Å²) in [5, 5.41) is 10.4. The minimum atomic E-state index is -0.578. The first-order valence-electron chi connectivity index (χ1n) is 11.4. The second-order valence-electron chi connectivity index (χ2n) is 8.88. The number of nitriles is 1. The maximum absolute atomic E-state index is 11.1. The minimum absolute atomic E-state index is 0.578. The quantitative estimate of drug-likeness (QED) is 0.705. The van der Waals surface area contributed by atoms with Crippen LogP contribution in [0.2, 0.25) is 0 Å². The number of hydrogen-bond donors (Lipinski definition) is 0. The van der Waals surface area contributed by atoms with Crippen LogP contribution in [-0.2, 0) is 13.0 Å². The van der Waals surface area contributed by atoms with Crippen molar-refractivity contribution in [3.8, 4) is 6.07 Å². The van der Waals surface area contributed by atoms with E-state index < -0.39 is 6.17 Å². The number of piperazine rings is 1. The molecule has 1 atom stereocenters. The molecule has 0 aliphatic carbocycles. The van der Waals surface area contributed by atoms with Gasteiger partial charge >= 0.3 is 0 Å². The Morgan fingerprint density at radius 2 is 1.94 bits per heavy atom. The fourth-order valence-electron chi connectivity index (χ4n) is 4.97. The van der Waals surface area contributed by atoms with Gasteiger partial charge in [0, 0.05) is 56.3 Å². The maximum Gasteiger partial charge on any atom is 0.144 e. The first kappa shape index (κ1) is 21.4. The molecule has 2 aromatic rings. The van der Waals surface area contributed by atoms with Crippen LogP contribution in [0.15, 0.2) is 29.3 Å². The fourth-order valence-corrected chi connectivity index (χ4v) is 6.26. The lowest BCUT2D eigenvalue weighted by Gasteiger charge is -2.37. The molecule has 32 heavy (non-hydrogen) atoms. The summed E-state index contributed by atoms with van der Waals surface area (Å²) in [6.45, 7) is 7.66. The molecular formula is C24H29N7S. The highest BCUT2D eigenvalue weighted by Gasteiger charge is 2.31. The van der Waals surface area contributed by atoms with Gasteiger partial charge in [-0.1, -0.05) is 12.1 Å². The van der Waals surface area contributed by atoms with E-state index in [1.807, 2.05) is 35.5 Å². The zero-order valence-corrected chi connectivity index (χ0v) is 19.4. The van der Waals surface area contributed by atoms with Crippen LogP contribution in [0.5, 0.6) is 0 Å². The van der Waals surface area contributed by atoms with E-state index >= 15 is 0 Å². The van der Waals surface area contributed by atoms with Crippen molar-refractivity contribution in [3.63, 3.8) is 0 Å². The van der Waals surface area contributed by atoms with Crippen molar-refractivity contribution in [1.29, 1.82) is 5.26 Å². The van der Waals surface area contributed by atoms with Gasteiger partial charge < -0.3 is 14.7 Å². The van der Waals surface area contributed by atoms with E-state index in [-0.39, 0.29) is 0 Å². The minimum Gasteiger partial charge on any atom is -0.368 e. The number of likely N-dealkylation sites (N-methyl/N-ethyl adjacent to an activating group) is 1. The van der Waals surface area contributed by atoms with Gasteiger partial charge in [0.25, 0.3) is 0 Å². The van der Waals surface area contributed by atoms with Crippen molar-refractivity contribution in [2.45, 2.75) is 25.6 Å². The molecule has 1 saturated heterocycles. The van der Waals surface area contributed by atoms with Crippen molar-refractivity contribution in [1.82, 2.24) is 20.4 Å². The lowest BCUT2D eigenvalue weighted by Crippen LogP contribution is -2.47. The Morgan fingerprint density at radius 1 is 1.12 bits per heavy atom. The maximum atomic E-state index is 11.1. The van der Waals surface area contributed by atoms with Gasteiger partial charge in [0.2, 0.25) is 0 Å². The summed E-state index contributed by atoms with van der Waals surface area (Å²) in [5.74, 6) is 0. The van der Waals surface area contributed by atoms with E-state index in [0.29, 0.717) is 0 Å². The van der Waals surface area contributed by atoms with Gasteiger partial charge in [-0.15, -0.1) is 17.1 Å². The summed E-state index contributed by atoms with van der Waals surface area (Å²) in [4.78, 5) is 15.1. The van der Waals surface area contributed by atoms with E-state index in [9.17, 15) is 11.0 Å². The summed E-state index contributed by atoms with van der Waals surface area (Å²) < 4.78 is 0. The molecule has 1 unspecified atom stereocenters. The van der Waals surface area contributed by atoms with Crippen LogP contribution in [-0.4, -0.2) is 73.9 Å². The summed E-state index contributed by atoms with van der Waals surface area (Å²) in [6.07, 6.45) is 3.24. The summed E-state index contributed by atoms with van der Waals surface area (Å²) >= 11 is 1.74. The van der Waals surface area contributed by atoms with Gasteiger partial charge in [-0.05, 0) is 44.1 Å². The predicted octanol–water partition coefficient (Wildman–Crippen LogP) is 2.86. The molecule has 3 aliphatic heterocycles. The summed E-state index contributed by atoms with van der Waals surface area (Å²) in [7, 11) is 2.15. The zero-order chi connectivity index (χ0) is 22.1. The number of rotatable bonds is 5. The topological polar surface area (TPSA) is 71.4 Å². The molecule has 7 nitrogen and oxygen atoms in total. The lowest BCUT2D eigenvalue weighted by atomic mass is 10.00. The van der Waals surface area contributed by atoms with Crippen molar-refractivity contribution in [2.24, 2.45) is 4.99 Å². The zero-order valence-electron chi connectivity index (χ0n) is 18.6. The number of benzene rings is 1. The third-order valence-electron chi connectivity index (χ3n) is 6.79. The van der Waals surface area contributed by atoms with Gasteiger partial charge in [-0.3, -0.25) is 4.90 Å². The highest BCUT2D eigenvalue weighted by molar-refractivity contribution is 7.16. The standard InChI is InChI=1S/C24H29N7S/c1-28-10-7-19-21(16-28)32-24-22(19)23(26)31(17-27-24)9-4-8-29-11-13-30(14-12-29)20-6-3-2-5-18(20)15-25/h2-3,5-6,17,23H,4,7-14,16H2,1H3. The lowest BCUT2D eigenvalue weighted by molar-refractivity contribution is 0.233.